The number of hydrogen-bond donors (Lipinski definition) is 1. The SMILES string of the molecule is CC(C)c1cc2c(NN=Cc3ccccn3)ncnc2s1. The van der Waals surface area contributed by atoms with E-state index in [4.69, 9.17) is 0 Å². The van der Waals surface area contributed by atoms with E-state index in [1.54, 1.807) is 30.1 Å². The highest BCUT2D eigenvalue weighted by molar-refractivity contribution is 7.18. The molecule has 0 radical (unpaired) electrons. The highest BCUT2D eigenvalue weighted by Gasteiger charge is 2.10. The second-order valence-electron chi connectivity index (χ2n) is 4.87. The van der Waals surface area contributed by atoms with Gasteiger partial charge < -0.3 is 0 Å². The van der Waals surface area contributed by atoms with Crippen molar-refractivity contribution in [1.29, 1.82) is 0 Å². The average molecular weight is 297 g/mol. The minimum absolute atomic E-state index is 0.481. The zero-order valence-corrected chi connectivity index (χ0v) is 12.6. The van der Waals surface area contributed by atoms with Crippen LogP contribution in [0.1, 0.15) is 30.3 Å². The third-order valence-electron chi connectivity index (χ3n) is 2.97. The van der Waals surface area contributed by atoms with Crippen LogP contribution < -0.4 is 5.43 Å². The molecule has 0 atom stereocenters. The van der Waals surface area contributed by atoms with E-state index < -0.39 is 0 Å². The first-order chi connectivity index (χ1) is 10.2. The smallest absolute Gasteiger partial charge is 0.158 e. The molecule has 106 valence electrons. The summed E-state index contributed by atoms with van der Waals surface area (Å²) in [6.45, 7) is 4.34. The van der Waals surface area contributed by atoms with Crippen molar-refractivity contribution in [3.8, 4) is 0 Å². The third kappa shape index (κ3) is 3.05. The van der Waals surface area contributed by atoms with Crippen molar-refractivity contribution in [1.82, 2.24) is 15.0 Å². The van der Waals surface area contributed by atoms with Crippen LogP contribution in [-0.2, 0) is 0 Å². The van der Waals surface area contributed by atoms with Crippen molar-refractivity contribution >= 4 is 33.6 Å². The van der Waals surface area contributed by atoms with Gasteiger partial charge in [-0.15, -0.1) is 11.3 Å². The summed E-state index contributed by atoms with van der Waals surface area (Å²) in [5, 5.41) is 5.20. The Morgan fingerprint density at radius 1 is 1.24 bits per heavy atom. The molecule has 0 bridgehead atoms. The average Bonchev–Trinajstić information content (AvgIpc) is 2.94. The predicted molar refractivity (Wildman–Crippen MR) is 87.0 cm³/mol. The molecule has 0 saturated heterocycles. The van der Waals surface area contributed by atoms with E-state index in [2.05, 4.69) is 45.4 Å². The Kier molecular flexibility index (Phi) is 3.87. The highest BCUT2D eigenvalue weighted by Crippen LogP contribution is 2.32. The molecule has 21 heavy (non-hydrogen) atoms. The van der Waals surface area contributed by atoms with Gasteiger partial charge in [-0.05, 0) is 24.1 Å². The standard InChI is InChI=1S/C15H15N5S/c1-10(2)13-7-12-14(17-9-18-15(12)21-13)20-19-8-11-5-3-4-6-16-11/h3-10H,1-2H3,(H,17,18,20). The fourth-order valence-electron chi connectivity index (χ4n) is 1.86. The fraction of sp³-hybridized carbons (Fsp3) is 0.200. The lowest BCUT2D eigenvalue weighted by molar-refractivity contribution is 0.890. The molecule has 3 rings (SSSR count). The van der Waals surface area contributed by atoms with Gasteiger partial charge in [-0.2, -0.15) is 5.10 Å². The number of thiophene rings is 1. The molecule has 0 aliphatic carbocycles. The van der Waals surface area contributed by atoms with E-state index in [-0.39, 0.29) is 0 Å². The molecular weight excluding hydrogens is 282 g/mol. The Balaban J connectivity index is 1.85. The van der Waals surface area contributed by atoms with Crippen molar-refractivity contribution in [3.05, 3.63) is 47.4 Å². The maximum absolute atomic E-state index is 4.31. The molecule has 0 fully saturated rings. The number of fused-ring (bicyclic) bond motifs is 1. The molecule has 1 N–H and O–H groups in total. The minimum atomic E-state index is 0.481. The summed E-state index contributed by atoms with van der Waals surface area (Å²) in [6.07, 6.45) is 4.96. The van der Waals surface area contributed by atoms with Crippen LogP contribution in [0.15, 0.2) is 41.9 Å². The first-order valence-electron chi connectivity index (χ1n) is 6.68. The number of nitrogens with zero attached hydrogens (tertiary/aromatic N) is 4. The summed E-state index contributed by atoms with van der Waals surface area (Å²) < 4.78 is 0. The fourth-order valence-corrected chi connectivity index (χ4v) is 2.86. The lowest BCUT2D eigenvalue weighted by Crippen LogP contribution is -1.95. The molecule has 0 saturated carbocycles. The van der Waals surface area contributed by atoms with Crippen LogP contribution >= 0.6 is 11.3 Å². The molecule has 0 aliphatic rings. The van der Waals surface area contributed by atoms with E-state index in [1.165, 1.54) is 4.88 Å². The van der Waals surface area contributed by atoms with Gasteiger partial charge in [0.2, 0.25) is 0 Å². The molecule has 3 aromatic heterocycles. The summed E-state index contributed by atoms with van der Waals surface area (Å²) in [4.78, 5) is 15.0. The Labute approximate surface area is 126 Å². The van der Waals surface area contributed by atoms with Gasteiger partial charge in [0.05, 0.1) is 17.3 Å². The van der Waals surface area contributed by atoms with Crippen LogP contribution in [0.25, 0.3) is 10.2 Å². The lowest BCUT2D eigenvalue weighted by atomic mass is 10.2. The summed E-state index contributed by atoms with van der Waals surface area (Å²) in [6, 6.07) is 7.81. The Bertz CT molecular complexity index is 764. The van der Waals surface area contributed by atoms with Crippen molar-refractivity contribution in [2.75, 3.05) is 5.43 Å². The molecule has 0 aromatic carbocycles. The lowest BCUT2D eigenvalue weighted by Gasteiger charge is -1.99. The first kappa shape index (κ1) is 13.6. The maximum atomic E-state index is 4.31. The summed E-state index contributed by atoms with van der Waals surface area (Å²) in [5.74, 6) is 1.20. The van der Waals surface area contributed by atoms with Gasteiger partial charge in [-0.25, -0.2) is 9.97 Å². The van der Waals surface area contributed by atoms with Gasteiger partial charge in [-0.3, -0.25) is 10.4 Å². The number of rotatable bonds is 4. The molecule has 0 amide bonds. The molecule has 0 unspecified atom stereocenters. The predicted octanol–water partition coefficient (Wildman–Crippen LogP) is 3.66. The van der Waals surface area contributed by atoms with Crippen LogP contribution in [0.2, 0.25) is 0 Å². The zero-order chi connectivity index (χ0) is 14.7. The number of hydrazone groups is 1. The third-order valence-corrected chi connectivity index (χ3v) is 4.32. The second kappa shape index (κ2) is 5.97. The van der Waals surface area contributed by atoms with E-state index in [1.807, 2.05) is 18.2 Å². The van der Waals surface area contributed by atoms with Gasteiger partial charge >= 0.3 is 0 Å². The Morgan fingerprint density at radius 2 is 2.14 bits per heavy atom. The quantitative estimate of drug-likeness (QED) is 0.589. The molecule has 6 heteroatoms. The van der Waals surface area contributed by atoms with Crippen molar-refractivity contribution in [2.24, 2.45) is 5.10 Å². The van der Waals surface area contributed by atoms with Gasteiger partial charge in [0, 0.05) is 11.1 Å². The number of hydrogen-bond acceptors (Lipinski definition) is 6. The number of pyridine rings is 1. The Morgan fingerprint density at radius 3 is 2.90 bits per heavy atom. The monoisotopic (exact) mass is 297 g/mol. The van der Waals surface area contributed by atoms with Crippen LogP contribution in [0.3, 0.4) is 0 Å². The Hall–Kier alpha value is -2.34. The van der Waals surface area contributed by atoms with Crippen LogP contribution in [0.4, 0.5) is 5.82 Å². The first-order valence-corrected chi connectivity index (χ1v) is 7.50. The highest BCUT2D eigenvalue weighted by atomic mass is 32.1. The molecule has 5 nitrogen and oxygen atoms in total. The van der Waals surface area contributed by atoms with Gasteiger partial charge in [0.25, 0.3) is 0 Å². The van der Waals surface area contributed by atoms with Gasteiger partial charge in [0.15, 0.2) is 5.82 Å². The summed E-state index contributed by atoms with van der Waals surface area (Å²) in [7, 11) is 0. The van der Waals surface area contributed by atoms with Crippen LogP contribution in [0.5, 0.6) is 0 Å². The summed E-state index contributed by atoms with van der Waals surface area (Å²) >= 11 is 1.69. The molecule has 0 aliphatic heterocycles. The maximum Gasteiger partial charge on any atom is 0.158 e. The van der Waals surface area contributed by atoms with Gasteiger partial charge in [-0.1, -0.05) is 19.9 Å². The van der Waals surface area contributed by atoms with E-state index in [9.17, 15) is 0 Å². The van der Waals surface area contributed by atoms with E-state index in [0.29, 0.717) is 5.92 Å². The van der Waals surface area contributed by atoms with Crippen molar-refractivity contribution < 1.29 is 0 Å². The topological polar surface area (TPSA) is 63.1 Å². The molecule has 3 aromatic rings. The van der Waals surface area contributed by atoms with Crippen molar-refractivity contribution in [2.45, 2.75) is 19.8 Å². The number of aromatic nitrogens is 3. The number of anilines is 1. The van der Waals surface area contributed by atoms with E-state index >= 15 is 0 Å². The summed E-state index contributed by atoms with van der Waals surface area (Å²) in [5.41, 5.74) is 3.77. The normalized spacial score (nSPS) is 11.6. The molecular formula is C15H15N5S. The zero-order valence-electron chi connectivity index (χ0n) is 11.8. The van der Waals surface area contributed by atoms with Crippen molar-refractivity contribution in [3.63, 3.8) is 0 Å². The second-order valence-corrected chi connectivity index (χ2v) is 5.93. The molecule has 3 heterocycles. The van der Waals surface area contributed by atoms with Crippen LogP contribution in [-0.4, -0.2) is 21.2 Å². The number of nitrogens with one attached hydrogen (secondary N) is 1. The van der Waals surface area contributed by atoms with Crippen LogP contribution in [0, 0.1) is 0 Å². The minimum Gasteiger partial charge on any atom is -0.261 e. The largest absolute Gasteiger partial charge is 0.261 e. The van der Waals surface area contributed by atoms with Gasteiger partial charge in [0.1, 0.15) is 11.2 Å². The molecule has 0 spiro atoms. The van der Waals surface area contributed by atoms with E-state index in [0.717, 1.165) is 21.7 Å².